The summed E-state index contributed by atoms with van der Waals surface area (Å²) in [4.78, 5) is 4.10. The molecule has 0 radical (unpaired) electrons. The summed E-state index contributed by atoms with van der Waals surface area (Å²) in [6, 6.07) is 12.2. The van der Waals surface area contributed by atoms with Crippen LogP contribution in [0.2, 0.25) is 0 Å². The monoisotopic (exact) mass is 305 g/mol. The number of rotatable bonds is 5. The molecular weight excluding hydrogens is 290 g/mol. The van der Waals surface area contributed by atoms with Gasteiger partial charge in [-0.25, -0.2) is 0 Å². The zero-order chi connectivity index (χ0) is 12.8. The molecule has 18 heavy (non-hydrogen) atoms. The van der Waals surface area contributed by atoms with Gasteiger partial charge in [-0.2, -0.15) is 0 Å². The van der Waals surface area contributed by atoms with E-state index < -0.39 is 0 Å². The molecular formula is C14H16BrN3. The predicted octanol–water partition coefficient (Wildman–Crippen LogP) is 3.35. The smallest absolute Gasteiger partial charge is 0.0538 e. The molecule has 1 aromatic heterocycles. The Kier molecular flexibility index (Phi) is 4.73. The number of anilines is 1. The van der Waals surface area contributed by atoms with Crippen LogP contribution in [0.5, 0.6) is 0 Å². The fraction of sp³-hybridized carbons (Fsp3) is 0.214. The SMILES string of the molecule is NC(CCNc1cncc(Br)c1)c1ccccc1. The van der Waals surface area contributed by atoms with E-state index in [4.69, 9.17) is 5.73 Å². The topological polar surface area (TPSA) is 50.9 Å². The molecule has 0 saturated carbocycles. The first kappa shape index (κ1) is 13.1. The Balaban J connectivity index is 1.82. The number of hydrogen-bond donors (Lipinski definition) is 2. The lowest BCUT2D eigenvalue weighted by molar-refractivity contribution is 0.675. The molecule has 3 N–H and O–H groups in total. The van der Waals surface area contributed by atoms with Gasteiger partial charge in [-0.15, -0.1) is 0 Å². The highest BCUT2D eigenvalue weighted by atomic mass is 79.9. The van der Waals surface area contributed by atoms with Gasteiger partial charge in [0.15, 0.2) is 0 Å². The fourth-order valence-corrected chi connectivity index (χ4v) is 2.11. The molecule has 1 heterocycles. The molecule has 0 saturated heterocycles. The number of benzene rings is 1. The highest BCUT2D eigenvalue weighted by molar-refractivity contribution is 9.10. The van der Waals surface area contributed by atoms with Crippen LogP contribution in [-0.4, -0.2) is 11.5 Å². The molecule has 0 aliphatic carbocycles. The first-order valence-corrected chi connectivity index (χ1v) is 6.70. The van der Waals surface area contributed by atoms with Gasteiger partial charge in [0, 0.05) is 23.3 Å². The van der Waals surface area contributed by atoms with Crippen molar-refractivity contribution in [3.8, 4) is 0 Å². The summed E-state index contributed by atoms with van der Waals surface area (Å²) in [5.41, 5.74) is 8.30. The number of aromatic nitrogens is 1. The Bertz CT molecular complexity index is 487. The number of nitrogens with zero attached hydrogens (tertiary/aromatic N) is 1. The maximum Gasteiger partial charge on any atom is 0.0538 e. The molecule has 0 bridgehead atoms. The molecule has 94 valence electrons. The quantitative estimate of drug-likeness (QED) is 0.890. The van der Waals surface area contributed by atoms with Crippen LogP contribution >= 0.6 is 15.9 Å². The van der Waals surface area contributed by atoms with Crippen molar-refractivity contribution < 1.29 is 0 Å². The average molecular weight is 306 g/mol. The number of nitrogens with two attached hydrogens (primary N) is 1. The second-order valence-electron chi connectivity index (χ2n) is 4.12. The lowest BCUT2D eigenvalue weighted by Crippen LogP contribution is -2.15. The first-order chi connectivity index (χ1) is 8.75. The number of hydrogen-bond acceptors (Lipinski definition) is 3. The van der Waals surface area contributed by atoms with E-state index in [9.17, 15) is 0 Å². The van der Waals surface area contributed by atoms with Gasteiger partial charge in [-0.1, -0.05) is 30.3 Å². The Labute approximate surface area is 116 Å². The van der Waals surface area contributed by atoms with E-state index in [1.807, 2.05) is 24.3 Å². The van der Waals surface area contributed by atoms with Crippen LogP contribution in [0.4, 0.5) is 5.69 Å². The average Bonchev–Trinajstić information content (AvgIpc) is 2.40. The molecule has 2 aromatic rings. The number of nitrogens with one attached hydrogen (secondary N) is 1. The third-order valence-electron chi connectivity index (χ3n) is 2.72. The van der Waals surface area contributed by atoms with E-state index in [2.05, 4.69) is 38.4 Å². The summed E-state index contributed by atoms with van der Waals surface area (Å²) >= 11 is 3.39. The highest BCUT2D eigenvalue weighted by Gasteiger charge is 2.04. The van der Waals surface area contributed by atoms with Crippen molar-refractivity contribution in [3.63, 3.8) is 0 Å². The largest absolute Gasteiger partial charge is 0.384 e. The molecule has 0 aliphatic heterocycles. The van der Waals surface area contributed by atoms with Crippen molar-refractivity contribution in [2.24, 2.45) is 5.73 Å². The molecule has 0 amide bonds. The van der Waals surface area contributed by atoms with E-state index in [1.54, 1.807) is 12.4 Å². The minimum Gasteiger partial charge on any atom is -0.384 e. The van der Waals surface area contributed by atoms with Crippen molar-refractivity contribution in [1.29, 1.82) is 0 Å². The molecule has 0 fully saturated rings. The van der Waals surface area contributed by atoms with Gasteiger partial charge in [-0.05, 0) is 34.0 Å². The zero-order valence-electron chi connectivity index (χ0n) is 10.0. The molecule has 4 heteroatoms. The third kappa shape index (κ3) is 3.82. The van der Waals surface area contributed by atoms with Gasteiger partial charge in [0.25, 0.3) is 0 Å². The van der Waals surface area contributed by atoms with Crippen LogP contribution in [0, 0.1) is 0 Å². The van der Waals surface area contributed by atoms with Crippen molar-refractivity contribution >= 4 is 21.6 Å². The van der Waals surface area contributed by atoms with Gasteiger partial charge in [-0.3, -0.25) is 4.98 Å². The van der Waals surface area contributed by atoms with Crippen LogP contribution in [0.1, 0.15) is 18.0 Å². The number of halogens is 1. The van der Waals surface area contributed by atoms with Gasteiger partial charge < -0.3 is 11.1 Å². The van der Waals surface area contributed by atoms with Crippen LogP contribution < -0.4 is 11.1 Å². The zero-order valence-corrected chi connectivity index (χ0v) is 11.6. The summed E-state index contributed by atoms with van der Waals surface area (Å²) in [7, 11) is 0. The van der Waals surface area contributed by atoms with Crippen LogP contribution in [0.3, 0.4) is 0 Å². The second-order valence-corrected chi connectivity index (χ2v) is 5.04. The minimum absolute atomic E-state index is 0.0683. The normalized spacial score (nSPS) is 12.1. The standard InChI is InChI=1S/C14H16BrN3/c15-12-8-13(10-17-9-12)18-7-6-14(16)11-4-2-1-3-5-11/h1-5,8-10,14,18H,6-7,16H2. The minimum atomic E-state index is 0.0683. The molecule has 3 nitrogen and oxygen atoms in total. The maximum atomic E-state index is 6.12. The van der Waals surface area contributed by atoms with Crippen LogP contribution in [-0.2, 0) is 0 Å². The van der Waals surface area contributed by atoms with Crippen LogP contribution in [0.25, 0.3) is 0 Å². The Morgan fingerprint density at radius 2 is 2.00 bits per heavy atom. The van der Waals surface area contributed by atoms with E-state index in [1.165, 1.54) is 5.56 Å². The summed E-state index contributed by atoms with van der Waals surface area (Å²) in [6.07, 6.45) is 4.45. The van der Waals surface area contributed by atoms with E-state index >= 15 is 0 Å². The first-order valence-electron chi connectivity index (χ1n) is 5.90. The van der Waals surface area contributed by atoms with Gasteiger partial charge in [0.2, 0.25) is 0 Å². The highest BCUT2D eigenvalue weighted by Crippen LogP contribution is 2.16. The van der Waals surface area contributed by atoms with Crippen molar-refractivity contribution in [1.82, 2.24) is 4.98 Å². The van der Waals surface area contributed by atoms with Crippen molar-refractivity contribution in [3.05, 3.63) is 58.8 Å². The summed E-state index contributed by atoms with van der Waals surface area (Å²) in [5.74, 6) is 0. The van der Waals surface area contributed by atoms with Crippen LogP contribution in [0.15, 0.2) is 53.3 Å². The molecule has 1 unspecified atom stereocenters. The van der Waals surface area contributed by atoms with Gasteiger partial charge in [0.05, 0.1) is 11.9 Å². The molecule has 0 aliphatic rings. The van der Waals surface area contributed by atoms with E-state index in [-0.39, 0.29) is 6.04 Å². The Hall–Kier alpha value is -1.39. The lowest BCUT2D eigenvalue weighted by atomic mass is 10.1. The third-order valence-corrected chi connectivity index (χ3v) is 3.15. The molecule has 1 atom stereocenters. The van der Waals surface area contributed by atoms with E-state index in [0.717, 1.165) is 23.1 Å². The molecule has 1 aromatic carbocycles. The Morgan fingerprint density at radius 3 is 2.72 bits per heavy atom. The Morgan fingerprint density at radius 1 is 1.22 bits per heavy atom. The summed E-state index contributed by atoms with van der Waals surface area (Å²) < 4.78 is 0.972. The molecule has 0 spiro atoms. The summed E-state index contributed by atoms with van der Waals surface area (Å²) in [6.45, 7) is 0.828. The van der Waals surface area contributed by atoms with Crippen molar-refractivity contribution in [2.75, 3.05) is 11.9 Å². The van der Waals surface area contributed by atoms with Gasteiger partial charge >= 0.3 is 0 Å². The predicted molar refractivity (Wildman–Crippen MR) is 78.4 cm³/mol. The number of pyridine rings is 1. The van der Waals surface area contributed by atoms with Crippen molar-refractivity contribution in [2.45, 2.75) is 12.5 Å². The second kappa shape index (κ2) is 6.52. The lowest BCUT2D eigenvalue weighted by Gasteiger charge is -2.13. The summed E-state index contributed by atoms with van der Waals surface area (Å²) in [5, 5.41) is 3.31. The maximum absolute atomic E-state index is 6.12. The molecule has 2 rings (SSSR count). The van der Waals surface area contributed by atoms with E-state index in [0.29, 0.717) is 0 Å². The van der Waals surface area contributed by atoms with Gasteiger partial charge in [0.1, 0.15) is 0 Å². The fourth-order valence-electron chi connectivity index (χ4n) is 1.75.